The Kier molecular flexibility index (Phi) is 9.95. The van der Waals surface area contributed by atoms with Crippen LogP contribution in [-0.4, -0.2) is 13.7 Å². The van der Waals surface area contributed by atoms with Crippen LogP contribution < -0.4 is 4.90 Å². The molecule has 0 fully saturated rings. The van der Waals surface area contributed by atoms with E-state index >= 15 is 0 Å². The first-order valence-corrected chi connectivity index (χ1v) is 27.4. The molecular weight excluding hydrogens is 957 g/mol. The molecule has 0 saturated heterocycles. The third kappa shape index (κ3) is 6.94. The molecule has 12 aromatic carbocycles. The third-order valence-electron chi connectivity index (χ3n) is 17.0. The molecule has 79 heavy (non-hydrogen) atoms. The van der Waals surface area contributed by atoms with Crippen LogP contribution in [0.1, 0.15) is 25.0 Å². The second-order valence-electron chi connectivity index (χ2n) is 21.7. The number of fused-ring (bicyclic) bond motifs is 12. The second kappa shape index (κ2) is 17.4. The van der Waals surface area contributed by atoms with Gasteiger partial charge in [-0.05, 0) is 160 Å². The minimum absolute atomic E-state index is 0.261. The first-order chi connectivity index (χ1) is 38.9. The summed E-state index contributed by atoms with van der Waals surface area (Å²) in [6, 6.07) is 103. The van der Waals surface area contributed by atoms with Gasteiger partial charge in [-0.25, -0.2) is 0 Å². The number of aromatic nitrogens is 3. The molecule has 1 aliphatic carbocycles. The number of para-hydroxylation sites is 6. The number of anilines is 3. The Morgan fingerprint density at radius 1 is 0.253 bits per heavy atom. The molecule has 1 aliphatic rings. The smallest absolute Gasteiger partial charge is 0.0541 e. The summed E-state index contributed by atoms with van der Waals surface area (Å²) >= 11 is 0. The van der Waals surface area contributed by atoms with Crippen LogP contribution in [0.5, 0.6) is 0 Å². The van der Waals surface area contributed by atoms with Gasteiger partial charge in [0.25, 0.3) is 0 Å². The predicted molar refractivity (Wildman–Crippen MR) is 333 cm³/mol. The van der Waals surface area contributed by atoms with Crippen molar-refractivity contribution in [1.29, 1.82) is 0 Å². The summed E-state index contributed by atoms with van der Waals surface area (Å²) in [5.41, 5.74) is 23.8. The van der Waals surface area contributed by atoms with Crippen LogP contribution in [0.15, 0.2) is 279 Å². The molecular formula is C75H52N4. The third-order valence-corrected chi connectivity index (χ3v) is 17.0. The lowest BCUT2D eigenvalue weighted by molar-refractivity contribution is 0.660. The number of hydrogen-bond acceptors (Lipinski definition) is 1. The van der Waals surface area contributed by atoms with Gasteiger partial charge in [0.15, 0.2) is 0 Å². The van der Waals surface area contributed by atoms with E-state index in [1.807, 2.05) is 0 Å². The highest BCUT2D eigenvalue weighted by Gasteiger charge is 2.37. The van der Waals surface area contributed by atoms with Crippen LogP contribution in [0, 0.1) is 0 Å². The molecule has 0 saturated carbocycles. The number of hydrogen-bond donors (Lipinski definition) is 0. The van der Waals surface area contributed by atoms with Gasteiger partial charge in [-0.15, -0.1) is 0 Å². The van der Waals surface area contributed by atoms with E-state index in [0.29, 0.717) is 0 Å². The molecule has 0 aliphatic heterocycles. The van der Waals surface area contributed by atoms with Crippen LogP contribution in [0.2, 0.25) is 0 Å². The Labute approximate surface area is 458 Å². The Morgan fingerprint density at radius 2 is 0.595 bits per heavy atom. The molecule has 3 aromatic heterocycles. The van der Waals surface area contributed by atoms with Gasteiger partial charge in [-0.1, -0.05) is 178 Å². The van der Waals surface area contributed by atoms with Crippen LogP contribution >= 0.6 is 0 Å². The van der Waals surface area contributed by atoms with Crippen molar-refractivity contribution in [2.24, 2.45) is 0 Å². The fourth-order valence-corrected chi connectivity index (χ4v) is 13.3. The minimum atomic E-state index is -0.261. The fraction of sp³-hybridized carbons (Fsp3) is 0.0400. The lowest BCUT2D eigenvalue weighted by Gasteiger charge is -2.28. The zero-order chi connectivity index (χ0) is 52.3. The first kappa shape index (κ1) is 45.1. The van der Waals surface area contributed by atoms with Gasteiger partial charge in [-0.3, -0.25) is 0 Å². The molecule has 0 spiro atoms. The van der Waals surface area contributed by atoms with Crippen molar-refractivity contribution in [2.45, 2.75) is 19.3 Å². The normalized spacial score (nSPS) is 12.8. The number of nitrogens with zero attached hydrogens (tertiary/aromatic N) is 4. The highest BCUT2D eigenvalue weighted by Crippen LogP contribution is 2.52. The Morgan fingerprint density at radius 3 is 1.10 bits per heavy atom. The second-order valence-corrected chi connectivity index (χ2v) is 21.7. The molecule has 0 bridgehead atoms. The van der Waals surface area contributed by atoms with E-state index in [1.54, 1.807) is 0 Å². The van der Waals surface area contributed by atoms with E-state index in [4.69, 9.17) is 0 Å². The topological polar surface area (TPSA) is 18.0 Å². The summed E-state index contributed by atoms with van der Waals surface area (Å²) in [4.78, 5) is 2.43. The highest BCUT2D eigenvalue weighted by atomic mass is 15.1. The van der Waals surface area contributed by atoms with E-state index in [0.717, 1.165) is 28.4 Å². The molecule has 4 nitrogen and oxygen atoms in total. The van der Waals surface area contributed by atoms with Gasteiger partial charge in [0.2, 0.25) is 0 Å². The van der Waals surface area contributed by atoms with Crippen LogP contribution in [0.4, 0.5) is 17.1 Å². The van der Waals surface area contributed by atoms with Crippen molar-refractivity contribution < 1.29 is 0 Å². The largest absolute Gasteiger partial charge is 0.310 e. The predicted octanol–water partition coefficient (Wildman–Crippen LogP) is 20.1. The molecule has 3 heterocycles. The van der Waals surface area contributed by atoms with Crippen LogP contribution in [-0.2, 0) is 5.41 Å². The SMILES string of the molecule is CC1(C)c2cc(N(c3ccc(-c4ccc(-n5c6ccccc6c6ccccc65)cc4)cc3)c3ccc(-c4ccc5c(c4)c4ccccc4n5-c4ccccc4)cc3)ccc2-c2ccc(-n3c4ccccc4c4ccccc43)cc21. The van der Waals surface area contributed by atoms with E-state index in [2.05, 4.69) is 312 Å². The van der Waals surface area contributed by atoms with Crippen molar-refractivity contribution in [3.8, 4) is 50.4 Å². The average Bonchev–Trinajstić information content (AvgIpc) is 4.33. The van der Waals surface area contributed by atoms with Gasteiger partial charge in [0, 0.05) is 71.9 Å². The number of rotatable bonds is 8. The quantitative estimate of drug-likeness (QED) is 0.148. The molecule has 0 unspecified atom stereocenters. The summed E-state index contributed by atoms with van der Waals surface area (Å²) in [6.45, 7) is 4.79. The maximum Gasteiger partial charge on any atom is 0.0541 e. The standard InChI is InChI=1S/C75H52N4/c1-75(2)67-47-57(41-43-59(67)60-44-42-58(48-68(60)75)79-71-25-13-8-20-63(71)64-21-9-14-26-72(64)79)76(54-35-28-49(29-36-54)50-30-39-56(40-31-50)78-69-23-11-6-18-61(69)62-19-7-12-24-70(62)78)55-37-32-51(33-38-55)52-34-45-74-66(46-52)65-22-10-15-27-73(65)77(74)53-16-4-3-5-17-53/h3-48H,1-2H3. The molecule has 4 heteroatoms. The summed E-state index contributed by atoms with van der Waals surface area (Å²) in [5.74, 6) is 0. The summed E-state index contributed by atoms with van der Waals surface area (Å²) in [5, 5.41) is 7.57. The lowest BCUT2D eigenvalue weighted by atomic mass is 9.82. The molecule has 16 rings (SSSR count). The highest BCUT2D eigenvalue weighted by molar-refractivity contribution is 6.12. The number of benzene rings is 12. The van der Waals surface area contributed by atoms with Gasteiger partial charge < -0.3 is 18.6 Å². The van der Waals surface area contributed by atoms with Crippen molar-refractivity contribution in [3.05, 3.63) is 290 Å². The first-order valence-electron chi connectivity index (χ1n) is 27.4. The summed E-state index contributed by atoms with van der Waals surface area (Å²) in [7, 11) is 0. The summed E-state index contributed by atoms with van der Waals surface area (Å²) in [6.07, 6.45) is 0. The fourth-order valence-electron chi connectivity index (χ4n) is 13.3. The monoisotopic (exact) mass is 1010 g/mol. The molecule has 0 N–H and O–H groups in total. The van der Waals surface area contributed by atoms with E-state index in [-0.39, 0.29) is 5.41 Å². The molecule has 0 radical (unpaired) electrons. The zero-order valence-corrected chi connectivity index (χ0v) is 43.8. The lowest BCUT2D eigenvalue weighted by Crippen LogP contribution is -2.17. The van der Waals surface area contributed by atoms with Crippen molar-refractivity contribution in [1.82, 2.24) is 13.7 Å². The van der Waals surface area contributed by atoms with Gasteiger partial charge >= 0.3 is 0 Å². The molecule has 15 aromatic rings. The van der Waals surface area contributed by atoms with E-state index in [9.17, 15) is 0 Å². The minimum Gasteiger partial charge on any atom is -0.310 e. The van der Waals surface area contributed by atoms with Crippen molar-refractivity contribution in [3.63, 3.8) is 0 Å². The maximum absolute atomic E-state index is 2.45. The Hall–Kier alpha value is -10.2. The summed E-state index contributed by atoms with van der Waals surface area (Å²) < 4.78 is 7.19. The van der Waals surface area contributed by atoms with Crippen molar-refractivity contribution >= 4 is 82.5 Å². The van der Waals surface area contributed by atoms with E-state index in [1.165, 1.54) is 116 Å². The van der Waals surface area contributed by atoms with Crippen LogP contribution in [0.25, 0.3) is 116 Å². The van der Waals surface area contributed by atoms with Crippen LogP contribution in [0.3, 0.4) is 0 Å². The van der Waals surface area contributed by atoms with Gasteiger partial charge in [0.1, 0.15) is 0 Å². The van der Waals surface area contributed by atoms with Gasteiger partial charge in [0.05, 0.1) is 33.1 Å². The van der Waals surface area contributed by atoms with Crippen molar-refractivity contribution in [2.75, 3.05) is 4.90 Å². The molecule has 0 atom stereocenters. The Bertz CT molecular complexity index is 4790. The molecule has 372 valence electrons. The Balaban J connectivity index is 0.783. The molecule has 0 amide bonds. The average molecular weight is 1010 g/mol. The maximum atomic E-state index is 2.45. The zero-order valence-electron chi connectivity index (χ0n) is 43.8. The van der Waals surface area contributed by atoms with Gasteiger partial charge in [-0.2, -0.15) is 0 Å². The van der Waals surface area contributed by atoms with E-state index < -0.39 is 0 Å².